The Morgan fingerprint density at radius 2 is 2.08 bits per heavy atom. The zero-order chi connectivity index (χ0) is 16.8. The highest BCUT2D eigenvalue weighted by Gasteiger charge is 2.39. The number of nitrogens with one attached hydrogen (secondary N) is 1. The maximum Gasteiger partial charge on any atom is 0.220 e. The molecule has 6 heteroatoms. The van der Waals surface area contributed by atoms with E-state index in [-0.39, 0.29) is 11.6 Å². The van der Waals surface area contributed by atoms with Crippen LogP contribution in [0.3, 0.4) is 0 Å². The van der Waals surface area contributed by atoms with E-state index < -0.39 is 0 Å². The second-order valence-electron chi connectivity index (χ2n) is 7.26. The molecule has 0 bridgehead atoms. The number of likely N-dealkylation sites (tertiary alicyclic amines) is 1. The van der Waals surface area contributed by atoms with Crippen molar-refractivity contribution in [2.45, 2.75) is 56.7 Å². The van der Waals surface area contributed by atoms with Crippen molar-refractivity contribution >= 4 is 5.91 Å². The summed E-state index contributed by atoms with van der Waals surface area (Å²) in [5.74, 6) is 3.43. The van der Waals surface area contributed by atoms with Crippen molar-refractivity contribution in [3.63, 3.8) is 0 Å². The quantitative estimate of drug-likeness (QED) is 0.691. The predicted molar refractivity (Wildman–Crippen MR) is 91.4 cm³/mol. The Hall–Kier alpha value is -1.45. The SMILES string of the molecule is C#CCCC1(CCC(=O)NC2CCN(CC3CCOC3)CC2)N=N1. The first-order valence-electron chi connectivity index (χ1n) is 9.16. The summed E-state index contributed by atoms with van der Waals surface area (Å²) in [6, 6.07) is 0.309. The fourth-order valence-electron chi connectivity index (χ4n) is 3.63. The lowest BCUT2D eigenvalue weighted by molar-refractivity contribution is -0.122. The first-order valence-corrected chi connectivity index (χ1v) is 9.16. The Kier molecular flexibility index (Phi) is 5.85. The highest BCUT2D eigenvalue weighted by Crippen LogP contribution is 2.37. The van der Waals surface area contributed by atoms with Gasteiger partial charge in [0.2, 0.25) is 5.91 Å². The lowest BCUT2D eigenvalue weighted by Crippen LogP contribution is -2.46. The average molecular weight is 332 g/mol. The summed E-state index contributed by atoms with van der Waals surface area (Å²) in [4.78, 5) is 14.7. The van der Waals surface area contributed by atoms with Gasteiger partial charge in [-0.05, 0) is 25.2 Å². The number of ether oxygens (including phenoxy) is 1. The van der Waals surface area contributed by atoms with E-state index in [2.05, 4.69) is 26.4 Å². The summed E-state index contributed by atoms with van der Waals surface area (Å²) in [7, 11) is 0. The van der Waals surface area contributed by atoms with Crippen LogP contribution >= 0.6 is 0 Å². The van der Waals surface area contributed by atoms with E-state index in [0.29, 0.717) is 31.2 Å². The number of piperidine rings is 1. The maximum absolute atomic E-state index is 12.2. The van der Waals surface area contributed by atoms with Gasteiger partial charge in [0.05, 0.1) is 6.61 Å². The number of carbonyl (C=O) groups excluding carboxylic acids is 1. The van der Waals surface area contributed by atoms with Crippen LogP contribution in [0.4, 0.5) is 0 Å². The monoisotopic (exact) mass is 332 g/mol. The minimum Gasteiger partial charge on any atom is -0.381 e. The van der Waals surface area contributed by atoms with Crippen LogP contribution < -0.4 is 5.32 Å². The zero-order valence-corrected chi connectivity index (χ0v) is 14.4. The van der Waals surface area contributed by atoms with Crippen LogP contribution in [0.2, 0.25) is 0 Å². The number of amides is 1. The zero-order valence-electron chi connectivity index (χ0n) is 14.4. The second-order valence-corrected chi connectivity index (χ2v) is 7.26. The van der Waals surface area contributed by atoms with Crippen LogP contribution in [0.5, 0.6) is 0 Å². The molecule has 3 rings (SSSR count). The van der Waals surface area contributed by atoms with Crippen molar-refractivity contribution < 1.29 is 9.53 Å². The molecule has 0 radical (unpaired) electrons. The van der Waals surface area contributed by atoms with Gasteiger partial charge in [0.1, 0.15) is 0 Å². The number of hydrogen-bond acceptors (Lipinski definition) is 5. The molecule has 3 heterocycles. The minimum absolute atomic E-state index is 0.120. The number of nitrogens with zero attached hydrogens (tertiary/aromatic N) is 3. The summed E-state index contributed by atoms with van der Waals surface area (Å²) in [5.41, 5.74) is -0.351. The summed E-state index contributed by atoms with van der Waals surface area (Å²) in [6.07, 6.45) is 11.1. The Balaban J connectivity index is 1.29. The van der Waals surface area contributed by atoms with E-state index in [4.69, 9.17) is 11.2 Å². The van der Waals surface area contributed by atoms with Crippen molar-refractivity contribution in [1.29, 1.82) is 0 Å². The van der Waals surface area contributed by atoms with Gasteiger partial charge in [-0.2, -0.15) is 10.2 Å². The number of carbonyl (C=O) groups is 1. The third-order valence-electron chi connectivity index (χ3n) is 5.30. The third kappa shape index (κ3) is 5.02. The first-order chi connectivity index (χ1) is 11.7. The van der Waals surface area contributed by atoms with E-state index in [1.807, 2.05) is 0 Å². The smallest absolute Gasteiger partial charge is 0.220 e. The Bertz CT molecular complexity index is 494. The van der Waals surface area contributed by atoms with Gasteiger partial charge in [0.25, 0.3) is 0 Å². The molecule has 0 aliphatic carbocycles. The first kappa shape index (κ1) is 17.4. The second kappa shape index (κ2) is 8.09. The van der Waals surface area contributed by atoms with Crippen LogP contribution in [0.15, 0.2) is 10.2 Å². The Morgan fingerprint density at radius 3 is 2.71 bits per heavy atom. The number of hydrogen-bond donors (Lipinski definition) is 1. The maximum atomic E-state index is 12.2. The molecule has 0 saturated carbocycles. The molecule has 132 valence electrons. The molecule has 0 spiro atoms. The Morgan fingerprint density at radius 1 is 1.29 bits per heavy atom. The van der Waals surface area contributed by atoms with Gasteiger partial charge in [-0.25, -0.2) is 0 Å². The van der Waals surface area contributed by atoms with E-state index in [9.17, 15) is 4.79 Å². The van der Waals surface area contributed by atoms with E-state index in [0.717, 1.165) is 52.1 Å². The Labute approximate surface area is 144 Å². The fraction of sp³-hybridized carbons (Fsp3) is 0.833. The molecule has 2 fully saturated rings. The average Bonchev–Trinajstić information content (AvgIpc) is 3.18. The molecule has 1 amide bonds. The molecule has 24 heavy (non-hydrogen) atoms. The number of rotatable bonds is 8. The highest BCUT2D eigenvalue weighted by atomic mass is 16.5. The highest BCUT2D eigenvalue weighted by molar-refractivity contribution is 5.76. The van der Waals surface area contributed by atoms with Crippen molar-refractivity contribution in [3.8, 4) is 12.3 Å². The normalized spacial score (nSPS) is 26.2. The van der Waals surface area contributed by atoms with Crippen LogP contribution in [0, 0.1) is 18.3 Å². The molecule has 1 unspecified atom stereocenters. The van der Waals surface area contributed by atoms with Crippen molar-refractivity contribution in [2.75, 3.05) is 32.8 Å². The predicted octanol–water partition coefficient (Wildman–Crippen LogP) is 1.96. The van der Waals surface area contributed by atoms with Gasteiger partial charge < -0.3 is 15.0 Å². The summed E-state index contributed by atoms with van der Waals surface area (Å²) >= 11 is 0. The van der Waals surface area contributed by atoms with Crippen LogP contribution in [0.1, 0.15) is 44.9 Å². The summed E-state index contributed by atoms with van der Waals surface area (Å²) < 4.78 is 5.45. The van der Waals surface area contributed by atoms with Gasteiger partial charge in [0.15, 0.2) is 5.66 Å². The molecule has 0 aromatic rings. The van der Waals surface area contributed by atoms with Crippen LogP contribution in [-0.2, 0) is 9.53 Å². The molecule has 0 aromatic carbocycles. The topological polar surface area (TPSA) is 66.3 Å². The van der Waals surface area contributed by atoms with Crippen molar-refractivity contribution in [1.82, 2.24) is 10.2 Å². The molecular formula is C18H28N4O2. The molecule has 6 nitrogen and oxygen atoms in total. The molecule has 1 atom stereocenters. The van der Waals surface area contributed by atoms with Gasteiger partial charge in [0, 0.05) is 58.0 Å². The molecular weight excluding hydrogens is 304 g/mol. The van der Waals surface area contributed by atoms with E-state index >= 15 is 0 Å². The largest absolute Gasteiger partial charge is 0.381 e. The summed E-state index contributed by atoms with van der Waals surface area (Å²) in [6.45, 7) is 5.10. The molecule has 0 aromatic heterocycles. The number of terminal acetylenes is 1. The molecule has 3 aliphatic heterocycles. The van der Waals surface area contributed by atoms with Gasteiger partial charge in [-0.15, -0.1) is 12.3 Å². The fourth-order valence-corrected chi connectivity index (χ4v) is 3.63. The lowest BCUT2D eigenvalue weighted by Gasteiger charge is -2.33. The van der Waals surface area contributed by atoms with Gasteiger partial charge in [-0.3, -0.25) is 4.79 Å². The molecule has 3 aliphatic rings. The third-order valence-corrected chi connectivity index (χ3v) is 5.30. The van der Waals surface area contributed by atoms with Gasteiger partial charge >= 0.3 is 0 Å². The van der Waals surface area contributed by atoms with Crippen molar-refractivity contribution in [2.24, 2.45) is 16.1 Å². The van der Waals surface area contributed by atoms with E-state index in [1.54, 1.807) is 0 Å². The van der Waals surface area contributed by atoms with E-state index in [1.165, 1.54) is 6.42 Å². The van der Waals surface area contributed by atoms with Crippen molar-refractivity contribution in [3.05, 3.63) is 0 Å². The summed E-state index contributed by atoms with van der Waals surface area (Å²) in [5, 5.41) is 11.3. The van der Waals surface area contributed by atoms with Crippen LogP contribution in [-0.4, -0.2) is 55.4 Å². The molecule has 1 N–H and O–H groups in total. The lowest BCUT2D eigenvalue weighted by atomic mass is 10.0. The van der Waals surface area contributed by atoms with Gasteiger partial charge in [-0.1, -0.05) is 0 Å². The van der Waals surface area contributed by atoms with Crippen LogP contribution in [0.25, 0.3) is 0 Å². The minimum atomic E-state index is -0.351. The molecule has 2 saturated heterocycles. The standard InChI is InChI=1S/C18H28N4O2/c1-2-3-8-18(20-21-18)9-4-17(23)19-16-5-10-22(11-6-16)13-15-7-12-24-14-15/h1,15-16H,3-14H2,(H,19,23).